The molecule has 0 bridgehead atoms. The van der Waals surface area contributed by atoms with Gasteiger partial charge < -0.3 is 14.2 Å². The molecule has 2 heterocycles. The van der Waals surface area contributed by atoms with Gasteiger partial charge >= 0.3 is 5.97 Å². The van der Waals surface area contributed by atoms with Crippen LogP contribution in [-0.4, -0.2) is 41.0 Å². The van der Waals surface area contributed by atoms with Crippen molar-refractivity contribution in [1.29, 1.82) is 0 Å². The van der Waals surface area contributed by atoms with Crippen molar-refractivity contribution >= 4 is 11.9 Å². The van der Waals surface area contributed by atoms with Crippen LogP contribution in [-0.2, 0) is 16.1 Å². The first-order chi connectivity index (χ1) is 14.2. The third-order valence-corrected chi connectivity index (χ3v) is 6.06. The van der Waals surface area contributed by atoms with Gasteiger partial charge in [-0.3, -0.25) is 9.59 Å². The number of likely N-dealkylation sites (tertiary alicyclic amines) is 1. The molecule has 0 saturated carbocycles. The van der Waals surface area contributed by atoms with Crippen LogP contribution in [0.5, 0.6) is 0 Å². The highest BCUT2D eigenvalue weighted by Crippen LogP contribution is 2.27. The van der Waals surface area contributed by atoms with E-state index in [1.807, 2.05) is 25.3 Å². The van der Waals surface area contributed by atoms with E-state index in [2.05, 4.69) is 0 Å². The number of hydrogen-bond acceptors (Lipinski definition) is 3. The molecule has 5 nitrogen and oxygen atoms in total. The molecule has 0 atom stereocenters. The predicted octanol–water partition coefficient (Wildman–Crippen LogP) is 4.16. The Labute approximate surface area is 175 Å². The minimum absolute atomic E-state index is 0.103. The van der Waals surface area contributed by atoms with Crippen LogP contribution < -0.4 is 0 Å². The van der Waals surface area contributed by atoms with E-state index in [-0.39, 0.29) is 24.3 Å². The first-order valence-electron chi connectivity index (χ1n) is 10.3. The zero-order chi connectivity index (χ0) is 22.0. The summed E-state index contributed by atoms with van der Waals surface area (Å²) in [6.07, 6.45) is 1.15. The minimum Gasteiger partial charge on any atom is -0.466 e. The fraction of sp³-hybridized carbons (Fsp3) is 0.478. The molecule has 1 aliphatic rings. The third-order valence-electron chi connectivity index (χ3n) is 6.06. The molecule has 7 heteroatoms. The van der Waals surface area contributed by atoms with E-state index in [9.17, 15) is 18.4 Å². The zero-order valence-corrected chi connectivity index (χ0v) is 17.9. The second-order valence-electron chi connectivity index (χ2n) is 7.84. The van der Waals surface area contributed by atoms with E-state index in [0.717, 1.165) is 22.9 Å². The van der Waals surface area contributed by atoms with Crippen LogP contribution in [0.3, 0.4) is 0 Å². The lowest BCUT2D eigenvalue weighted by atomic mass is 9.96. The molecule has 1 amide bonds. The number of rotatable bonds is 5. The zero-order valence-electron chi connectivity index (χ0n) is 17.9. The lowest BCUT2D eigenvalue weighted by molar-refractivity contribution is -0.149. The lowest BCUT2D eigenvalue weighted by Crippen LogP contribution is -2.41. The molecule has 1 fully saturated rings. The molecule has 1 aliphatic heterocycles. The fourth-order valence-electron chi connectivity index (χ4n) is 4.04. The molecule has 1 saturated heterocycles. The van der Waals surface area contributed by atoms with Crippen LogP contribution in [0.2, 0.25) is 0 Å². The van der Waals surface area contributed by atoms with Gasteiger partial charge in [0.25, 0.3) is 5.91 Å². The topological polar surface area (TPSA) is 51.5 Å². The summed E-state index contributed by atoms with van der Waals surface area (Å²) in [6.45, 7) is 9.16. The molecule has 0 unspecified atom stereocenters. The normalized spacial score (nSPS) is 14.8. The number of benzene rings is 1. The van der Waals surface area contributed by atoms with Gasteiger partial charge in [-0.1, -0.05) is 6.07 Å². The highest BCUT2D eigenvalue weighted by atomic mass is 19.2. The Bertz CT molecular complexity index is 960. The first kappa shape index (κ1) is 22.0. The predicted molar refractivity (Wildman–Crippen MR) is 109 cm³/mol. The number of esters is 1. The largest absolute Gasteiger partial charge is 0.466 e. The number of nitrogens with zero attached hydrogens (tertiary/aromatic N) is 2. The average Bonchev–Trinajstić information content (AvgIpc) is 2.94. The summed E-state index contributed by atoms with van der Waals surface area (Å²) in [5, 5.41) is 0. The van der Waals surface area contributed by atoms with Gasteiger partial charge in [0, 0.05) is 25.3 Å². The van der Waals surface area contributed by atoms with Crippen molar-refractivity contribution in [2.45, 2.75) is 47.1 Å². The number of ether oxygens (including phenoxy) is 1. The van der Waals surface area contributed by atoms with E-state index >= 15 is 0 Å². The van der Waals surface area contributed by atoms with Gasteiger partial charge in [0.15, 0.2) is 11.6 Å². The van der Waals surface area contributed by atoms with Gasteiger partial charge in [0.05, 0.1) is 12.5 Å². The summed E-state index contributed by atoms with van der Waals surface area (Å²) in [6, 6.07) is 3.80. The molecular weight excluding hydrogens is 390 g/mol. The van der Waals surface area contributed by atoms with Crippen molar-refractivity contribution in [1.82, 2.24) is 9.47 Å². The van der Waals surface area contributed by atoms with Gasteiger partial charge in [-0.25, -0.2) is 8.78 Å². The van der Waals surface area contributed by atoms with Crippen molar-refractivity contribution in [2.75, 3.05) is 19.7 Å². The van der Waals surface area contributed by atoms with Gasteiger partial charge in [-0.2, -0.15) is 0 Å². The maximum absolute atomic E-state index is 13.7. The van der Waals surface area contributed by atoms with Crippen molar-refractivity contribution < 1.29 is 23.1 Å². The van der Waals surface area contributed by atoms with Crippen LogP contribution in [0, 0.1) is 38.3 Å². The Morgan fingerprint density at radius 3 is 2.33 bits per heavy atom. The summed E-state index contributed by atoms with van der Waals surface area (Å²) in [7, 11) is 0. The van der Waals surface area contributed by atoms with E-state index < -0.39 is 11.6 Å². The number of carbonyl (C=O) groups excluding carboxylic acids is 2. The van der Waals surface area contributed by atoms with E-state index in [1.54, 1.807) is 11.8 Å². The van der Waals surface area contributed by atoms with Crippen molar-refractivity contribution in [3.8, 4) is 0 Å². The third kappa shape index (κ3) is 4.25. The Morgan fingerprint density at radius 2 is 1.73 bits per heavy atom. The highest BCUT2D eigenvalue weighted by Gasteiger charge is 2.31. The molecular formula is C23H28F2N2O3. The van der Waals surface area contributed by atoms with Crippen molar-refractivity contribution in [2.24, 2.45) is 5.92 Å². The molecule has 1 aromatic carbocycles. The second kappa shape index (κ2) is 8.98. The Morgan fingerprint density at radius 1 is 1.07 bits per heavy atom. The number of carbonyl (C=O) groups is 2. The highest BCUT2D eigenvalue weighted by molar-refractivity contribution is 5.95. The van der Waals surface area contributed by atoms with Gasteiger partial charge in [0.1, 0.15) is 5.69 Å². The van der Waals surface area contributed by atoms with Crippen molar-refractivity contribution in [3.05, 3.63) is 57.9 Å². The van der Waals surface area contributed by atoms with E-state index in [4.69, 9.17) is 4.74 Å². The molecule has 0 spiro atoms. The Balaban J connectivity index is 1.83. The van der Waals surface area contributed by atoms with E-state index in [0.29, 0.717) is 43.8 Å². The summed E-state index contributed by atoms with van der Waals surface area (Å²) < 4.78 is 33.9. The van der Waals surface area contributed by atoms with Crippen molar-refractivity contribution in [3.63, 3.8) is 0 Å². The molecule has 3 rings (SSSR count). The standard InChI is InChI=1S/C23H28F2N2O3/c1-5-30-23(29)18-8-10-26(11-9-18)22(28)21-15(3)14(2)16(4)27(21)13-17-6-7-19(24)20(25)12-17/h6-7,12,18H,5,8-11,13H2,1-4H3. The van der Waals surface area contributed by atoms with Crippen LogP contribution in [0.1, 0.15) is 52.6 Å². The molecule has 30 heavy (non-hydrogen) atoms. The van der Waals surface area contributed by atoms with Crippen LogP contribution in [0.25, 0.3) is 0 Å². The van der Waals surface area contributed by atoms with Gasteiger partial charge in [-0.05, 0) is 69.4 Å². The number of halogens is 2. The van der Waals surface area contributed by atoms with Crippen LogP contribution in [0.4, 0.5) is 8.78 Å². The second-order valence-corrected chi connectivity index (χ2v) is 7.84. The Kier molecular flexibility index (Phi) is 6.58. The summed E-state index contributed by atoms with van der Waals surface area (Å²) in [5.41, 5.74) is 3.95. The fourth-order valence-corrected chi connectivity index (χ4v) is 4.04. The maximum atomic E-state index is 13.7. The number of amides is 1. The van der Waals surface area contributed by atoms with E-state index in [1.165, 1.54) is 12.1 Å². The first-order valence-corrected chi connectivity index (χ1v) is 10.3. The number of piperidine rings is 1. The molecule has 2 aromatic rings. The number of hydrogen-bond donors (Lipinski definition) is 0. The molecule has 162 valence electrons. The molecule has 0 N–H and O–H groups in total. The lowest BCUT2D eigenvalue weighted by Gasteiger charge is -2.31. The van der Waals surface area contributed by atoms with Gasteiger partial charge in [0.2, 0.25) is 0 Å². The molecule has 0 radical (unpaired) electrons. The summed E-state index contributed by atoms with van der Waals surface area (Å²) >= 11 is 0. The summed E-state index contributed by atoms with van der Waals surface area (Å²) in [4.78, 5) is 27.1. The quantitative estimate of drug-likeness (QED) is 0.686. The van der Waals surface area contributed by atoms with Crippen LogP contribution in [0.15, 0.2) is 18.2 Å². The maximum Gasteiger partial charge on any atom is 0.309 e. The number of aromatic nitrogens is 1. The Hall–Kier alpha value is -2.70. The molecule has 0 aliphatic carbocycles. The molecule has 1 aromatic heterocycles. The van der Waals surface area contributed by atoms with Crippen LogP contribution >= 0.6 is 0 Å². The monoisotopic (exact) mass is 418 g/mol. The SMILES string of the molecule is CCOC(=O)C1CCN(C(=O)c2c(C)c(C)c(C)n2Cc2ccc(F)c(F)c2)CC1. The minimum atomic E-state index is -0.903. The summed E-state index contributed by atoms with van der Waals surface area (Å²) in [5.74, 6) is -2.27. The smallest absolute Gasteiger partial charge is 0.309 e. The van der Waals surface area contributed by atoms with Gasteiger partial charge in [-0.15, -0.1) is 0 Å². The average molecular weight is 418 g/mol.